The Morgan fingerprint density at radius 3 is 2.74 bits per heavy atom. The summed E-state index contributed by atoms with van der Waals surface area (Å²) in [6.07, 6.45) is 7.59. The van der Waals surface area contributed by atoms with E-state index in [1.807, 2.05) is 0 Å². The van der Waals surface area contributed by atoms with Crippen molar-refractivity contribution in [3.63, 3.8) is 0 Å². The molecule has 1 saturated heterocycles. The Kier molecular flexibility index (Phi) is 15.4. The summed E-state index contributed by atoms with van der Waals surface area (Å²) in [4.78, 5) is 7.20. The number of methoxy groups -OCH3 is 1. The molecule has 0 radical (unpaired) electrons. The van der Waals surface area contributed by atoms with Crippen molar-refractivity contribution in [1.82, 2.24) is 15.5 Å². The van der Waals surface area contributed by atoms with E-state index in [2.05, 4.69) is 34.4 Å². The number of piperidine rings is 1. The first-order valence-electron chi connectivity index (χ1n) is 9.03. The lowest BCUT2D eigenvalue weighted by Gasteiger charge is -2.33. The van der Waals surface area contributed by atoms with Gasteiger partial charge in [-0.1, -0.05) is 6.42 Å². The van der Waals surface area contributed by atoms with Crippen molar-refractivity contribution >= 4 is 29.9 Å². The first kappa shape index (κ1) is 22.9. The molecular weight excluding hydrogens is 403 g/mol. The predicted octanol–water partition coefficient (Wildman–Crippen LogP) is 2.85. The lowest BCUT2D eigenvalue weighted by atomic mass is 10.0. The third-order valence-electron chi connectivity index (χ3n) is 4.23. The molecule has 0 amide bonds. The molecule has 0 aromatic carbocycles. The van der Waals surface area contributed by atoms with Crippen LogP contribution in [0.4, 0.5) is 0 Å². The number of halogens is 1. The number of unbranched alkanes of at least 4 members (excludes halogenated alkanes) is 1. The van der Waals surface area contributed by atoms with Gasteiger partial charge in [-0.2, -0.15) is 0 Å². The second-order valence-corrected chi connectivity index (χ2v) is 6.12. The maximum absolute atomic E-state index is 5.05. The number of likely N-dealkylation sites (tertiary alicyclic amines) is 1. The molecule has 1 aliphatic rings. The number of guanidine groups is 1. The zero-order valence-corrected chi connectivity index (χ0v) is 17.6. The van der Waals surface area contributed by atoms with Crippen LogP contribution >= 0.6 is 24.0 Å². The van der Waals surface area contributed by atoms with E-state index in [9.17, 15) is 0 Å². The van der Waals surface area contributed by atoms with E-state index in [-0.39, 0.29) is 24.0 Å². The van der Waals surface area contributed by atoms with Gasteiger partial charge in [0, 0.05) is 39.4 Å². The van der Waals surface area contributed by atoms with Gasteiger partial charge in [0.15, 0.2) is 5.96 Å². The lowest BCUT2D eigenvalue weighted by Crippen LogP contribution is -2.39. The quantitative estimate of drug-likeness (QED) is 0.238. The molecule has 1 rings (SSSR count). The number of nitrogens with zero attached hydrogens (tertiary/aromatic N) is 2. The number of aliphatic imine (C=N–C) groups is 1. The van der Waals surface area contributed by atoms with Crippen molar-refractivity contribution < 1.29 is 4.74 Å². The highest BCUT2D eigenvalue weighted by atomic mass is 127. The monoisotopic (exact) mass is 440 g/mol. The molecule has 1 heterocycles. The van der Waals surface area contributed by atoms with Crippen LogP contribution < -0.4 is 10.6 Å². The van der Waals surface area contributed by atoms with E-state index in [1.165, 1.54) is 45.2 Å². The predicted molar refractivity (Wildman–Crippen MR) is 110 cm³/mol. The van der Waals surface area contributed by atoms with Gasteiger partial charge >= 0.3 is 0 Å². The van der Waals surface area contributed by atoms with Crippen molar-refractivity contribution in [2.45, 2.75) is 58.4 Å². The maximum Gasteiger partial charge on any atom is 0.191 e. The molecule has 0 aromatic heterocycles. The van der Waals surface area contributed by atoms with Crippen LogP contribution in [0.1, 0.15) is 52.4 Å². The van der Waals surface area contributed by atoms with Crippen molar-refractivity contribution in [2.75, 3.05) is 46.4 Å². The first-order valence-corrected chi connectivity index (χ1v) is 9.03. The Morgan fingerprint density at radius 2 is 2.04 bits per heavy atom. The van der Waals surface area contributed by atoms with Gasteiger partial charge in [0.25, 0.3) is 0 Å². The zero-order chi connectivity index (χ0) is 16.0. The van der Waals surface area contributed by atoms with E-state index in [0.717, 1.165) is 44.7 Å². The van der Waals surface area contributed by atoms with E-state index < -0.39 is 0 Å². The molecule has 0 aliphatic carbocycles. The second-order valence-electron chi connectivity index (χ2n) is 6.12. The minimum absolute atomic E-state index is 0. The third-order valence-corrected chi connectivity index (χ3v) is 4.23. The molecule has 5 nitrogen and oxygen atoms in total. The Hall–Kier alpha value is -0.0800. The van der Waals surface area contributed by atoms with Gasteiger partial charge in [-0.05, 0) is 59.0 Å². The molecule has 6 heteroatoms. The molecule has 2 N–H and O–H groups in total. The van der Waals surface area contributed by atoms with Gasteiger partial charge < -0.3 is 20.3 Å². The molecule has 0 aromatic rings. The maximum atomic E-state index is 5.05. The van der Waals surface area contributed by atoms with Crippen LogP contribution in [-0.2, 0) is 4.74 Å². The number of hydrogen-bond acceptors (Lipinski definition) is 3. The molecular formula is C17H37IN4O. The van der Waals surface area contributed by atoms with Gasteiger partial charge in [0.05, 0.1) is 0 Å². The minimum Gasteiger partial charge on any atom is -0.385 e. The van der Waals surface area contributed by atoms with Gasteiger partial charge in [-0.3, -0.25) is 4.99 Å². The van der Waals surface area contributed by atoms with Gasteiger partial charge in [0.1, 0.15) is 0 Å². The first-order chi connectivity index (χ1) is 10.8. The summed E-state index contributed by atoms with van der Waals surface area (Å²) in [5, 5.41) is 6.72. The standard InChI is InChI=1S/C17H36N4O.HI/c1-4-18-17(20-12-9-15-22-3)19-11-6-8-14-21-13-7-5-10-16(21)2;/h16H,4-15H2,1-3H3,(H2,18,19,20);1H. The van der Waals surface area contributed by atoms with Crippen molar-refractivity contribution in [1.29, 1.82) is 0 Å². The Balaban J connectivity index is 0.00000484. The van der Waals surface area contributed by atoms with Crippen molar-refractivity contribution in [3.8, 4) is 0 Å². The molecule has 1 unspecified atom stereocenters. The third kappa shape index (κ3) is 11.2. The van der Waals surface area contributed by atoms with Gasteiger partial charge in [-0.15, -0.1) is 24.0 Å². The zero-order valence-electron chi connectivity index (χ0n) is 15.3. The van der Waals surface area contributed by atoms with Crippen LogP contribution in [0.3, 0.4) is 0 Å². The Labute approximate surface area is 160 Å². The fourth-order valence-electron chi connectivity index (χ4n) is 2.88. The number of ether oxygens (including phenoxy) is 1. The van der Waals surface area contributed by atoms with Crippen molar-refractivity contribution in [3.05, 3.63) is 0 Å². The minimum atomic E-state index is 0. The normalized spacial score (nSPS) is 19.3. The van der Waals surface area contributed by atoms with E-state index in [1.54, 1.807) is 7.11 Å². The number of nitrogens with one attached hydrogen (secondary N) is 2. The average molecular weight is 440 g/mol. The van der Waals surface area contributed by atoms with Crippen LogP contribution in [0.15, 0.2) is 4.99 Å². The van der Waals surface area contributed by atoms with E-state index >= 15 is 0 Å². The number of rotatable bonds is 10. The molecule has 138 valence electrons. The number of hydrogen-bond donors (Lipinski definition) is 2. The van der Waals surface area contributed by atoms with Gasteiger partial charge in [-0.25, -0.2) is 0 Å². The van der Waals surface area contributed by atoms with Crippen LogP contribution in [0.2, 0.25) is 0 Å². The van der Waals surface area contributed by atoms with Gasteiger partial charge in [0.2, 0.25) is 0 Å². The summed E-state index contributed by atoms with van der Waals surface area (Å²) in [5.74, 6) is 0.935. The smallest absolute Gasteiger partial charge is 0.191 e. The Morgan fingerprint density at radius 1 is 1.22 bits per heavy atom. The van der Waals surface area contributed by atoms with Crippen molar-refractivity contribution in [2.24, 2.45) is 4.99 Å². The van der Waals surface area contributed by atoms with Crippen LogP contribution in [0, 0.1) is 0 Å². The average Bonchev–Trinajstić information content (AvgIpc) is 2.52. The highest BCUT2D eigenvalue weighted by Gasteiger charge is 2.16. The van der Waals surface area contributed by atoms with Crippen LogP contribution in [-0.4, -0.2) is 63.3 Å². The molecule has 1 aliphatic heterocycles. The summed E-state index contributed by atoms with van der Waals surface area (Å²) in [7, 11) is 1.73. The van der Waals surface area contributed by atoms with E-state index in [0.29, 0.717) is 0 Å². The second kappa shape index (κ2) is 15.4. The summed E-state index contributed by atoms with van der Waals surface area (Å²) in [5.41, 5.74) is 0. The Bertz CT molecular complexity index is 302. The summed E-state index contributed by atoms with van der Waals surface area (Å²) in [6.45, 7) is 10.5. The SMILES string of the molecule is CCNC(=NCCCOC)NCCCCN1CCCCC1C.I. The summed E-state index contributed by atoms with van der Waals surface area (Å²) < 4.78 is 5.05. The molecule has 23 heavy (non-hydrogen) atoms. The topological polar surface area (TPSA) is 48.9 Å². The molecule has 0 saturated carbocycles. The van der Waals surface area contributed by atoms with E-state index in [4.69, 9.17) is 4.74 Å². The van der Waals surface area contributed by atoms with Crippen LogP contribution in [0.25, 0.3) is 0 Å². The fraction of sp³-hybridized carbons (Fsp3) is 0.941. The molecule has 1 atom stereocenters. The van der Waals surface area contributed by atoms with Crippen LogP contribution in [0.5, 0.6) is 0 Å². The largest absolute Gasteiger partial charge is 0.385 e. The highest BCUT2D eigenvalue weighted by molar-refractivity contribution is 14.0. The summed E-state index contributed by atoms with van der Waals surface area (Å²) in [6, 6.07) is 0.779. The molecule has 1 fully saturated rings. The lowest BCUT2D eigenvalue weighted by molar-refractivity contribution is 0.158. The molecule has 0 bridgehead atoms. The molecule has 0 spiro atoms. The summed E-state index contributed by atoms with van der Waals surface area (Å²) >= 11 is 0. The fourth-order valence-corrected chi connectivity index (χ4v) is 2.88. The highest BCUT2D eigenvalue weighted by Crippen LogP contribution is 2.16.